The molecule has 3 aliphatic rings. The predicted molar refractivity (Wildman–Crippen MR) is 188 cm³/mol. The second-order valence-electron chi connectivity index (χ2n) is 13.3. The lowest BCUT2D eigenvalue weighted by atomic mass is 10.0. The van der Waals surface area contributed by atoms with E-state index in [0.29, 0.717) is 36.5 Å². The maximum atomic E-state index is 13.9. The van der Waals surface area contributed by atoms with E-state index in [1.54, 1.807) is 60.7 Å². The molecule has 3 N–H and O–H groups in total. The van der Waals surface area contributed by atoms with Crippen molar-refractivity contribution in [3.63, 3.8) is 0 Å². The van der Waals surface area contributed by atoms with Crippen molar-refractivity contribution >= 4 is 23.7 Å². The smallest absolute Gasteiger partial charge is 0.407 e. The Balaban J connectivity index is 1.14. The molecule has 0 aromatic heterocycles. The van der Waals surface area contributed by atoms with Gasteiger partial charge in [-0.25, -0.2) is 13.2 Å². The molecule has 2 saturated heterocycles. The topological polar surface area (TPSA) is 179 Å². The van der Waals surface area contributed by atoms with E-state index >= 15 is 0 Å². The van der Waals surface area contributed by atoms with Crippen LogP contribution in [0, 0.1) is 11.8 Å². The average Bonchev–Trinajstić information content (AvgIpc) is 3.48. The van der Waals surface area contributed by atoms with Gasteiger partial charge in [0.2, 0.25) is 10.0 Å². The molecule has 1 amide bonds. The Morgan fingerprint density at radius 2 is 1.71 bits per heavy atom. The van der Waals surface area contributed by atoms with Gasteiger partial charge in [-0.15, -0.1) is 0 Å². The van der Waals surface area contributed by atoms with Crippen LogP contribution in [0.2, 0.25) is 0 Å². The lowest BCUT2D eigenvalue weighted by molar-refractivity contribution is -0.0907. The summed E-state index contributed by atoms with van der Waals surface area (Å²) < 4.78 is 74.4. The molecule has 282 valence electrons. The van der Waals surface area contributed by atoms with E-state index in [1.165, 1.54) is 23.5 Å². The molecular formula is C36H45N2O12PS. The Morgan fingerprint density at radius 3 is 2.38 bits per heavy atom. The van der Waals surface area contributed by atoms with E-state index in [9.17, 15) is 27.8 Å². The molecule has 6 rings (SSSR count). The lowest BCUT2D eigenvalue weighted by Crippen LogP contribution is -2.51. The fourth-order valence-electron chi connectivity index (χ4n) is 6.38. The van der Waals surface area contributed by atoms with E-state index in [0.717, 1.165) is 5.56 Å². The number of rotatable bonds is 17. The van der Waals surface area contributed by atoms with Crippen molar-refractivity contribution in [3.8, 4) is 11.5 Å². The maximum Gasteiger partial charge on any atom is 0.407 e. The number of aliphatic hydroxyl groups is 1. The Labute approximate surface area is 303 Å². The molecule has 52 heavy (non-hydrogen) atoms. The first kappa shape index (κ1) is 38.2. The van der Waals surface area contributed by atoms with Crippen LogP contribution in [-0.2, 0) is 46.4 Å². The molecule has 16 heteroatoms. The molecule has 0 spiro atoms. The number of hydrogen-bond donors (Lipinski definition) is 3. The van der Waals surface area contributed by atoms with Gasteiger partial charge in [0.15, 0.2) is 12.6 Å². The minimum Gasteiger partial charge on any atom is -0.497 e. The normalized spacial score (nSPS) is 24.8. The summed E-state index contributed by atoms with van der Waals surface area (Å²) in [5.41, 5.74) is 1.42. The number of nitrogens with zero attached hydrogens (tertiary/aromatic N) is 1. The summed E-state index contributed by atoms with van der Waals surface area (Å²) >= 11 is 0. The van der Waals surface area contributed by atoms with Crippen LogP contribution >= 0.6 is 7.60 Å². The Hall–Kier alpha value is -3.53. The first-order valence-corrected chi connectivity index (χ1v) is 20.4. The molecule has 2 aliphatic heterocycles. The van der Waals surface area contributed by atoms with E-state index in [1.807, 2.05) is 13.0 Å². The zero-order valence-corrected chi connectivity index (χ0v) is 30.7. The third-order valence-electron chi connectivity index (χ3n) is 9.53. The number of nitrogens with one attached hydrogen (secondary N) is 1. The van der Waals surface area contributed by atoms with Gasteiger partial charge in [0.05, 0.1) is 49.9 Å². The number of aliphatic hydroxyl groups excluding tert-OH is 1. The summed E-state index contributed by atoms with van der Waals surface area (Å²) in [4.78, 5) is 23.6. The first-order chi connectivity index (χ1) is 24.9. The molecule has 3 unspecified atom stereocenters. The molecule has 3 fully saturated rings. The molecule has 0 bridgehead atoms. The second-order valence-corrected chi connectivity index (χ2v) is 17.0. The Kier molecular flexibility index (Phi) is 12.2. The van der Waals surface area contributed by atoms with Crippen LogP contribution in [-0.4, -0.2) is 92.6 Å². The highest BCUT2D eigenvalue weighted by atomic mass is 32.2. The molecule has 1 saturated carbocycles. The number of benzene rings is 3. The number of ether oxygens (including phenoxy) is 5. The zero-order valence-electron chi connectivity index (χ0n) is 29.0. The van der Waals surface area contributed by atoms with Gasteiger partial charge in [-0.1, -0.05) is 49.4 Å². The van der Waals surface area contributed by atoms with Crippen LogP contribution in [0.1, 0.15) is 30.9 Å². The van der Waals surface area contributed by atoms with Crippen LogP contribution < -0.4 is 14.8 Å². The van der Waals surface area contributed by atoms with Crippen molar-refractivity contribution in [2.24, 2.45) is 11.8 Å². The van der Waals surface area contributed by atoms with Gasteiger partial charge in [0, 0.05) is 12.6 Å². The van der Waals surface area contributed by atoms with Crippen LogP contribution in [0.3, 0.4) is 0 Å². The molecule has 3 aromatic rings. The van der Waals surface area contributed by atoms with E-state index in [4.69, 9.17) is 28.2 Å². The minimum absolute atomic E-state index is 0.0443. The van der Waals surface area contributed by atoms with Gasteiger partial charge >= 0.3 is 13.7 Å². The average molecular weight is 761 g/mol. The van der Waals surface area contributed by atoms with Gasteiger partial charge in [-0.2, -0.15) is 4.31 Å². The standard InChI is InChI=1S/C36H45N2O12PS/c1-24-18-32(24)38(52(43,44)29-14-12-27(45-2)13-15-29)20-33(39)31(37-36(40)50-34-22-47-35-30(34)16-17-46-35)19-25-8-10-28(11-9-25)48-23-51(41,42)49-21-26-6-4-3-5-7-26/h3-15,24,30-35,39H,16-23H2,1-2H3,(H,37,40)(H,41,42)/t24?,30-,31-,32?,33+,34-,35+/m0/s1. The molecule has 3 aromatic carbocycles. The number of carbonyl (C=O) groups is 1. The van der Waals surface area contributed by atoms with Gasteiger partial charge in [-0.3, -0.25) is 4.57 Å². The Bertz CT molecular complexity index is 1800. The van der Waals surface area contributed by atoms with Crippen LogP contribution in [0.5, 0.6) is 11.5 Å². The molecule has 8 atom stereocenters. The summed E-state index contributed by atoms with van der Waals surface area (Å²) in [6.45, 7) is 2.31. The highest BCUT2D eigenvalue weighted by Crippen LogP contribution is 2.43. The summed E-state index contributed by atoms with van der Waals surface area (Å²) in [6.07, 6.45) is -2.21. The van der Waals surface area contributed by atoms with Crippen molar-refractivity contribution in [1.29, 1.82) is 0 Å². The number of hydrogen-bond acceptors (Lipinski definition) is 11. The fraction of sp³-hybridized carbons (Fsp3) is 0.472. The highest BCUT2D eigenvalue weighted by Gasteiger charge is 2.47. The number of sulfonamides is 1. The maximum absolute atomic E-state index is 13.9. The van der Waals surface area contributed by atoms with Crippen LogP contribution in [0.4, 0.5) is 4.79 Å². The summed E-state index contributed by atoms with van der Waals surface area (Å²) in [5, 5.41) is 14.5. The number of amides is 1. The third kappa shape index (κ3) is 9.71. The number of carbonyl (C=O) groups excluding carboxylic acids is 1. The third-order valence-corrected chi connectivity index (χ3v) is 12.4. The van der Waals surface area contributed by atoms with E-state index < -0.39 is 54.6 Å². The van der Waals surface area contributed by atoms with Crippen LogP contribution in [0.15, 0.2) is 83.8 Å². The molecular weight excluding hydrogens is 715 g/mol. The second kappa shape index (κ2) is 16.6. The predicted octanol–water partition coefficient (Wildman–Crippen LogP) is 4.29. The number of methoxy groups -OCH3 is 1. The summed E-state index contributed by atoms with van der Waals surface area (Å²) in [5.74, 6) is 0.807. The minimum atomic E-state index is -4.06. The van der Waals surface area contributed by atoms with Crippen molar-refractivity contribution in [1.82, 2.24) is 9.62 Å². The molecule has 2 heterocycles. The van der Waals surface area contributed by atoms with Gasteiger partial charge in [0.1, 0.15) is 17.6 Å². The number of fused-ring (bicyclic) bond motifs is 1. The van der Waals surface area contributed by atoms with E-state index in [-0.39, 0.29) is 49.0 Å². The largest absolute Gasteiger partial charge is 0.497 e. The quantitative estimate of drug-likeness (QED) is 0.167. The van der Waals surface area contributed by atoms with Gasteiger partial charge in [0.25, 0.3) is 0 Å². The van der Waals surface area contributed by atoms with Crippen molar-refractivity contribution < 1.29 is 56.0 Å². The van der Waals surface area contributed by atoms with E-state index in [2.05, 4.69) is 5.32 Å². The monoisotopic (exact) mass is 760 g/mol. The molecule has 1 aliphatic carbocycles. The first-order valence-electron chi connectivity index (χ1n) is 17.2. The van der Waals surface area contributed by atoms with Crippen molar-refractivity contribution in [2.45, 2.75) is 68.3 Å². The zero-order chi connectivity index (χ0) is 36.9. The van der Waals surface area contributed by atoms with Crippen molar-refractivity contribution in [3.05, 3.63) is 90.0 Å². The molecule has 14 nitrogen and oxygen atoms in total. The highest BCUT2D eigenvalue weighted by molar-refractivity contribution is 7.89. The van der Waals surface area contributed by atoms with Gasteiger partial charge in [-0.05, 0) is 72.7 Å². The number of alkyl carbamates (subject to hydrolysis) is 1. The fourth-order valence-corrected chi connectivity index (χ4v) is 8.87. The SMILES string of the molecule is COc1ccc(S(=O)(=O)N(C[C@@H](O)[C@H](Cc2ccc(OCP(=O)(O)OCc3ccccc3)cc2)NC(=O)O[C@H]2CO[C@H]3OCC[C@H]32)C2CC2C)cc1. The Morgan fingerprint density at radius 1 is 1.02 bits per heavy atom. The summed E-state index contributed by atoms with van der Waals surface area (Å²) in [6, 6.07) is 20.4. The van der Waals surface area contributed by atoms with Crippen LogP contribution in [0.25, 0.3) is 0 Å². The van der Waals surface area contributed by atoms with Gasteiger partial charge < -0.3 is 43.5 Å². The van der Waals surface area contributed by atoms with Crippen molar-refractivity contribution in [2.75, 3.05) is 33.2 Å². The lowest BCUT2D eigenvalue weighted by Gasteiger charge is -2.30. The molecule has 0 radical (unpaired) electrons. The summed E-state index contributed by atoms with van der Waals surface area (Å²) in [7, 11) is -6.59.